The van der Waals surface area contributed by atoms with Crippen LogP contribution in [-0.4, -0.2) is 28.3 Å². The molecule has 1 aromatic rings. The Bertz CT molecular complexity index is 1310. The van der Waals surface area contributed by atoms with Gasteiger partial charge in [-0.15, -0.1) is 0 Å². The molecule has 0 spiro atoms. The van der Waals surface area contributed by atoms with Gasteiger partial charge in [-0.1, -0.05) is 60.1 Å². The fourth-order valence-electron chi connectivity index (χ4n) is 11.9. The highest BCUT2D eigenvalue weighted by molar-refractivity contribution is 5.89. The first-order chi connectivity index (χ1) is 19.5. The molecular formula is C37H52O5. The van der Waals surface area contributed by atoms with E-state index in [0.29, 0.717) is 23.8 Å². The maximum absolute atomic E-state index is 13.1. The Morgan fingerprint density at radius 2 is 1.40 bits per heavy atom. The number of allylic oxidation sites excluding steroid dienone is 2. The average molecular weight is 577 g/mol. The standard InChI is InChI=1S/C37H52O5/c1-32(2)20-21-37(31(40)41)19-14-27-35(6)16-12-25-33(3,4)29(42-30(39)23-8-10-24(38)11-9-23)15-18-34(25,5)26(35)13-17-36(27,7)28(37)22-32/h8-11,14,25-26,28-29,38H,12-13,15-22H2,1-7H3,(H,40,41)/t25?,26?,28?,29-,34-,35+,36+,37+/m0/s1. The van der Waals surface area contributed by atoms with Crippen LogP contribution in [0.5, 0.6) is 5.75 Å². The molecule has 0 amide bonds. The van der Waals surface area contributed by atoms with E-state index in [1.165, 1.54) is 12.1 Å². The van der Waals surface area contributed by atoms with Crippen molar-refractivity contribution >= 4 is 11.9 Å². The summed E-state index contributed by atoms with van der Waals surface area (Å²) < 4.78 is 6.21. The van der Waals surface area contributed by atoms with Gasteiger partial charge in [0.25, 0.3) is 0 Å². The Kier molecular flexibility index (Phi) is 6.62. The minimum atomic E-state index is -0.625. The topological polar surface area (TPSA) is 83.8 Å². The summed E-state index contributed by atoms with van der Waals surface area (Å²) in [6.45, 7) is 16.8. The number of phenols is 1. The second-order valence-corrected chi connectivity index (χ2v) is 17.0. The van der Waals surface area contributed by atoms with Crippen LogP contribution in [0.2, 0.25) is 0 Å². The van der Waals surface area contributed by atoms with E-state index in [0.717, 1.165) is 57.8 Å². The lowest BCUT2D eigenvalue weighted by molar-refractivity contribution is -0.190. The highest BCUT2D eigenvalue weighted by Gasteiger charge is 2.68. The van der Waals surface area contributed by atoms with Crippen molar-refractivity contribution in [2.75, 3.05) is 0 Å². The molecule has 0 aliphatic heterocycles. The molecule has 5 nitrogen and oxygen atoms in total. The molecule has 0 bridgehead atoms. The number of carbonyl (C=O) groups is 2. The number of carboxylic acids is 1. The Morgan fingerprint density at radius 1 is 0.786 bits per heavy atom. The van der Waals surface area contributed by atoms with Crippen molar-refractivity contribution in [2.45, 2.75) is 119 Å². The summed E-state index contributed by atoms with van der Waals surface area (Å²) >= 11 is 0. The first kappa shape index (κ1) is 29.8. The highest BCUT2D eigenvalue weighted by Crippen LogP contribution is 2.75. The number of esters is 1. The van der Waals surface area contributed by atoms with Gasteiger partial charge in [0.05, 0.1) is 11.0 Å². The lowest BCUT2D eigenvalue weighted by Crippen LogP contribution is -2.64. The van der Waals surface area contributed by atoms with Gasteiger partial charge in [0.1, 0.15) is 11.9 Å². The van der Waals surface area contributed by atoms with Crippen LogP contribution in [0.25, 0.3) is 0 Å². The summed E-state index contributed by atoms with van der Waals surface area (Å²) in [5, 5.41) is 20.3. The minimum Gasteiger partial charge on any atom is -0.508 e. The van der Waals surface area contributed by atoms with Crippen molar-refractivity contribution in [1.82, 2.24) is 0 Å². The third kappa shape index (κ3) is 4.07. The average Bonchev–Trinajstić information content (AvgIpc) is 2.90. The number of ether oxygens (including phenoxy) is 1. The van der Waals surface area contributed by atoms with Crippen LogP contribution in [0.4, 0.5) is 0 Å². The lowest BCUT2D eigenvalue weighted by Gasteiger charge is -2.70. The molecule has 5 aliphatic carbocycles. The molecule has 8 atom stereocenters. The summed E-state index contributed by atoms with van der Waals surface area (Å²) in [4.78, 5) is 26.1. The van der Waals surface area contributed by atoms with E-state index >= 15 is 0 Å². The van der Waals surface area contributed by atoms with Crippen LogP contribution in [-0.2, 0) is 9.53 Å². The zero-order valence-corrected chi connectivity index (χ0v) is 26.9. The molecule has 4 fully saturated rings. The maximum atomic E-state index is 13.1. The molecule has 0 radical (unpaired) electrons. The van der Waals surface area contributed by atoms with Gasteiger partial charge in [-0.2, -0.15) is 0 Å². The van der Waals surface area contributed by atoms with Crippen LogP contribution >= 0.6 is 0 Å². The third-order valence-corrected chi connectivity index (χ3v) is 14.1. The van der Waals surface area contributed by atoms with Crippen LogP contribution in [0, 0.1) is 50.2 Å². The van der Waals surface area contributed by atoms with Crippen molar-refractivity contribution < 1.29 is 24.5 Å². The number of hydrogen-bond donors (Lipinski definition) is 2. The smallest absolute Gasteiger partial charge is 0.338 e. The fraction of sp³-hybridized carbons (Fsp3) is 0.730. The molecule has 5 aliphatic rings. The lowest BCUT2D eigenvalue weighted by atomic mass is 9.34. The molecule has 6 rings (SSSR count). The van der Waals surface area contributed by atoms with E-state index in [1.54, 1.807) is 17.7 Å². The number of carbonyl (C=O) groups excluding carboxylic acids is 1. The molecule has 1 aromatic carbocycles. The predicted molar refractivity (Wildman–Crippen MR) is 164 cm³/mol. The normalized spacial score (nSPS) is 43.5. The first-order valence-corrected chi connectivity index (χ1v) is 16.4. The fourth-order valence-corrected chi connectivity index (χ4v) is 11.9. The quantitative estimate of drug-likeness (QED) is 0.277. The molecule has 3 unspecified atom stereocenters. The van der Waals surface area contributed by atoms with Crippen LogP contribution in [0.3, 0.4) is 0 Å². The number of benzene rings is 1. The molecule has 230 valence electrons. The number of aromatic hydroxyl groups is 1. The maximum Gasteiger partial charge on any atom is 0.338 e. The van der Waals surface area contributed by atoms with Gasteiger partial charge in [0.15, 0.2) is 0 Å². The van der Waals surface area contributed by atoms with Crippen molar-refractivity contribution in [3.05, 3.63) is 41.5 Å². The Hall–Kier alpha value is -2.30. The van der Waals surface area contributed by atoms with Gasteiger partial charge in [-0.25, -0.2) is 4.79 Å². The van der Waals surface area contributed by atoms with Gasteiger partial charge < -0.3 is 14.9 Å². The van der Waals surface area contributed by atoms with E-state index in [4.69, 9.17) is 4.74 Å². The largest absolute Gasteiger partial charge is 0.508 e. The summed E-state index contributed by atoms with van der Waals surface area (Å²) in [7, 11) is 0. The molecule has 42 heavy (non-hydrogen) atoms. The molecule has 0 aromatic heterocycles. The Morgan fingerprint density at radius 3 is 2.05 bits per heavy atom. The number of rotatable bonds is 3. The highest BCUT2D eigenvalue weighted by atomic mass is 16.5. The summed E-state index contributed by atoms with van der Waals surface area (Å²) in [5.41, 5.74) is 1.57. The van der Waals surface area contributed by atoms with Crippen molar-refractivity contribution in [3.8, 4) is 5.75 Å². The van der Waals surface area contributed by atoms with E-state index in [-0.39, 0.29) is 50.8 Å². The summed E-state index contributed by atoms with van der Waals surface area (Å²) in [6.07, 6.45) is 12.0. The molecular weight excluding hydrogens is 524 g/mol. The predicted octanol–water partition coefficient (Wildman–Crippen LogP) is 8.80. The van der Waals surface area contributed by atoms with Gasteiger partial charge in [-0.05, 0) is 128 Å². The number of phenolic OH excluding ortho intramolecular Hbond substituents is 1. The van der Waals surface area contributed by atoms with E-state index in [1.807, 2.05) is 0 Å². The van der Waals surface area contributed by atoms with E-state index < -0.39 is 11.4 Å². The molecule has 2 N–H and O–H groups in total. The summed E-state index contributed by atoms with van der Waals surface area (Å²) in [5.74, 6) is 0.406. The van der Waals surface area contributed by atoms with Crippen molar-refractivity contribution in [2.24, 2.45) is 50.2 Å². The number of carboxylic acid groups (broad SMARTS) is 1. The van der Waals surface area contributed by atoms with Gasteiger partial charge in [-0.3, -0.25) is 4.79 Å². The van der Waals surface area contributed by atoms with E-state index in [9.17, 15) is 19.8 Å². The van der Waals surface area contributed by atoms with Crippen LogP contribution in [0.1, 0.15) is 123 Å². The van der Waals surface area contributed by atoms with Crippen LogP contribution < -0.4 is 0 Å². The molecule has 0 heterocycles. The van der Waals surface area contributed by atoms with Crippen LogP contribution in [0.15, 0.2) is 35.9 Å². The Labute approximate surface area is 252 Å². The second-order valence-electron chi connectivity index (χ2n) is 17.0. The van der Waals surface area contributed by atoms with Gasteiger partial charge in [0.2, 0.25) is 0 Å². The third-order valence-electron chi connectivity index (χ3n) is 14.1. The number of aliphatic carboxylic acids is 1. The monoisotopic (exact) mass is 576 g/mol. The van der Waals surface area contributed by atoms with Gasteiger partial charge in [0, 0.05) is 5.41 Å². The molecule has 5 heteroatoms. The summed E-state index contributed by atoms with van der Waals surface area (Å²) in [6, 6.07) is 6.33. The van der Waals surface area contributed by atoms with Crippen molar-refractivity contribution in [1.29, 1.82) is 0 Å². The van der Waals surface area contributed by atoms with Crippen molar-refractivity contribution in [3.63, 3.8) is 0 Å². The SMILES string of the molecule is CC1(C)CC[C@]2(C(=O)O)CC=C3[C@]4(C)CCC5C(C)(C)[C@@H](OC(=O)c6ccc(O)cc6)CC[C@]5(C)C4CC[C@@]3(C)C2C1. The number of hydrogen-bond acceptors (Lipinski definition) is 4. The zero-order valence-electron chi connectivity index (χ0n) is 26.9. The number of fused-ring (bicyclic) bond motifs is 7. The Balaban J connectivity index is 1.30. The minimum absolute atomic E-state index is 0.0656. The first-order valence-electron chi connectivity index (χ1n) is 16.4. The zero-order chi connectivity index (χ0) is 30.5. The molecule has 0 saturated heterocycles. The van der Waals surface area contributed by atoms with E-state index in [2.05, 4.69) is 54.5 Å². The second kappa shape index (κ2) is 9.35. The van der Waals surface area contributed by atoms with Gasteiger partial charge >= 0.3 is 11.9 Å². The molecule has 4 saturated carbocycles.